The summed E-state index contributed by atoms with van der Waals surface area (Å²) in [6, 6.07) is 14.0. The van der Waals surface area contributed by atoms with Gasteiger partial charge in [-0.1, -0.05) is 47.7 Å². The second-order valence-corrected chi connectivity index (χ2v) is 7.65. The molecule has 134 valence electrons. The van der Waals surface area contributed by atoms with Gasteiger partial charge in [0.15, 0.2) is 5.16 Å². The Morgan fingerprint density at radius 3 is 2.62 bits per heavy atom. The maximum absolute atomic E-state index is 12.6. The van der Waals surface area contributed by atoms with Gasteiger partial charge in [0.1, 0.15) is 6.33 Å². The van der Waals surface area contributed by atoms with Crippen molar-refractivity contribution in [3.05, 3.63) is 65.5 Å². The summed E-state index contributed by atoms with van der Waals surface area (Å²) in [4.78, 5) is 12.6. The van der Waals surface area contributed by atoms with Crippen LogP contribution in [-0.2, 0) is 4.79 Å². The molecule has 1 amide bonds. The van der Waals surface area contributed by atoms with Crippen LogP contribution in [0.5, 0.6) is 0 Å². The standard InChI is InChI=1S/C20H22N4OS/c1-13-9-10-18(15(3)11-13)24-12-21-23-20(24)26-16(4)19(25)22-17-8-6-5-7-14(17)2/h5-12,16H,1-4H3,(H,22,25). The summed E-state index contributed by atoms with van der Waals surface area (Å²) in [5.41, 5.74) is 5.25. The summed E-state index contributed by atoms with van der Waals surface area (Å²) < 4.78 is 1.93. The maximum Gasteiger partial charge on any atom is 0.237 e. The highest BCUT2D eigenvalue weighted by Crippen LogP contribution is 2.26. The first kappa shape index (κ1) is 18.2. The van der Waals surface area contributed by atoms with Crippen LogP contribution in [0.4, 0.5) is 5.69 Å². The number of nitrogens with zero attached hydrogens (tertiary/aromatic N) is 3. The molecule has 0 aliphatic rings. The van der Waals surface area contributed by atoms with Gasteiger partial charge < -0.3 is 5.32 Å². The number of carbonyl (C=O) groups is 1. The Morgan fingerprint density at radius 2 is 1.88 bits per heavy atom. The zero-order valence-electron chi connectivity index (χ0n) is 15.4. The summed E-state index contributed by atoms with van der Waals surface area (Å²) in [7, 11) is 0. The van der Waals surface area contributed by atoms with Gasteiger partial charge in [0.2, 0.25) is 5.91 Å². The molecule has 0 saturated carbocycles. The molecule has 0 spiro atoms. The molecule has 0 aliphatic heterocycles. The number of para-hydroxylation sites is 1. The first-order chi connectivity index (χ1) is 12.5. The van der Waals surface area contributed by atoms with Crippen molar-refractivity contribution in [2.24, 2.45) is 0 Å². The first-order valence-corrected chi connectivity index (χ1v) is 9.34. The van der Waals surface area contributed by atoms with Crippen LogP contribution in [-0.4, -0.2) is 25.9 Å². The molecule has 1 heterocycles. The zero-order chi connectivity index (χ0) is 18.7. The number of anilines is 1. The Morgan fingerprint density at radius 1 is 1.12 bits per heavy atom. The van der Waals surface area contributed by atoms with E-state index in [1.807, 2.05) is 42.7 Å². The first-order valence-electron chi connectivity index (χ1n) is 8.46. The van der Waals surface area contributed by atoms with Gasteiger partial charge in [0, 0.05) is 5.69 Å². The lowest BCUT2D eigenvalue weighted by atomic mass is 10.1. The molecule has 0 saturated heterocycles. The van der Waals surface area contributed by atoms with Crippen molar-refractivity contribution in [1.82, 2.24) is 14.8 Å². The van der Waals surface area contributed by atoms with E-state index in [1.54, 1.807) is 6.33 Å². The molecule has 2 aromatic carbocycles. The largest absolute Gasteiger partial charge is 0.325 e. The number of hydrogen-bond donors (Lipinski definition) is 1. The lowest BCUT2D eigenvalue weighted by Crippen LogP contribution is -2.23. The van der Waals surface area contributed by atoms with E-state index in [0.717, 1.165) is 22.5 Å². The average molecular weight is 366 g/mol. The van der Waals surface area contributed by atoms with Crippen molar-refractivity contribution >= 4 is 23.4 Å². The van der Waals surface area contributed by atoms with Crippen LogP contribution in [0, 0.1) is 20.8 Å². The molecule has 0 aliphatic carbocycles. The number of amides is 1. The molecule has 6 heteroatoms. The van der Waals surface area contributed by atoms with E-state index in [1.165, 1.54) is 17.3 Å². The summed E-state index contributed by atoms with van der Waals surface area (Å²) in [6.07, 6.45) is 1.69. The minimum absolute atomic E-state index is 0.0560. The second kappa shape index (κ2) is 7.74. The molecule has 5 nitrogen and oxygen atoms in total. The topological polar surface area (TPSA) is 59.8 Å². The number of carbonyl (C=O) groups excluding carboxylic acids is 1. The van der Waals surface area contributed by atoms with Crippen LogP contribution in [0.2, 0.25) is 0 Å². The number of hydrogen-bond acceptors (Lipinski definition) is 4. The monoisotopic (exact) mass is 366 g/mol. The van der Waals surface area contributed by atoms with Crippen LogP contribution < -0.4 is 5.32 Å². The van der Waals surface area contributed by atoms with Gasteiger partial charge in [0.05, 0.1) is 10.9 Å². The highest BCUT2D eigenvalue weighted by molar-refractivity contribution is 8.00. The molecular formula is C20H22N4OS. The van der Waals surface area contributed by atoms with Gasteiger partial charge in [-0.25, -0.2) is 0 Å². The molecule has 26 heavy (non-hydrogen) atoms. The predicted molar refractivity (Wildman–Crippen MR) is 106 cm³/mol. The fourth-order valence-corrected chi connectivity index (χ4v) is 3.54. The second-order valence-electron chi connectivity index (χ2n) is 6.34. The highest BCUT2D eigenvalue weighted by Gasteiger charge is 2.19. The Hall–Kier alpha value is -2.60. The van der Waals surface area contributed by atoms with Crippen molar-refractivity contribution in [2.75, 3.05) is 5.32 Å². The molecule has 3 aromatic rings. The number of benzene rings is 2. The van der Waals surface area contributed by atoms with E-state index >= 15 is 0 Å². The molecule has 0 bridgehead atoms. The number of aryl methyl sites for hydroxylation is 3. The van der Waals surface area contributed by atoms with Crippen LogP contribution in [0.25, 0.3) is 5.69 Å². The molecule has 0 fully saturated rings. The fourth-order valence-electron chi connectivity index (χ4n) is 2.70. The number of thioether (sulfide) groups is 1. The summed E-state index contributed by atoms with van der Waals surface area (Å²) in [6.45, 7) is 7.98. The molecule has 1 atom stereocenters. The third-order valence-corrected chi connectivity index (χ3v) is 5.24. The molecule has 3 rings (SSSR count). The van der Waals surface area contributed by atoms with E-state index in [0.29, 0.717) is 5.16 Å². The van der Waals surface area contributed by atoms with Crippen molar-refractivity contribution in [1.29, 1.82) is 0 Å². The van der Waals surface area contributed by atoms with Crippen molar-refractivity contribution in [3.8, 4) is 5.69 Å². The average Bonchev–Trinajstić information content (AvgIpc) is 3.04. The minimum Gasteiger partial charge on any atom is -0.325 e. The Labute approximate surface area is 157 Å². The van der Waals surface area contributed by atoms with Gasteiger partial charge in [-0.05, 0) is 51.0 Å². The van der Waals surface area contributed by atoms with Crippen molar-refractivity contribution < 1.29 is 4.79 Å². The van der Waals surface area contributed by atoms with Crippen LogP contribution >= 0.6 is 11.8 Å². The summed E-state index contributed by atoms with van der Waals surface area (Å²) in [5.74, 6) is -0.0560. The summed E-state index contributed by atoms with van der Waals surface area (Å²) >= 11 is 1.40. The van der Waals surface area contributed by atoms with E-state index in [2.05, 4.69) is 47.6 Å². The lowest BCUT2D eigenvalue weighted by molar-refractivity contribution is -0.115. The van der Waals surface area contributed by atoms with Crippen LogP contribution in [0.3, 0.4) is 0 Å². The quantitative estimate of drug-likeness (QED) is 0.684. The number of rotatable bonds is 5. The zero-order valence-corrected chi connectivity index (χ0v) is 16.2. The third kappa shape index (κ3) is 3.96. The maximum atomic E-state index is 12.6. The van der Waals surface area contributed by atoms with Gasteiger partial charge in [-0.3, -0.25) is 9.36 Å². The number of nitrogens with one attached hydrogen (secondary N) is 1. The third-order valence-electron chi connectivity index (χ3n) is 4.18. The van der Waals surface area contributed by atoms with Gasteiger partial charge in [-0.15, -0.1) is 10.2 Å². The predicted octanol–water partition coefficient (Wildman–Crippen LogP) is 4.31. The number of aromatic nitrogens is 3. The Kier molecular flexibility index (Phi) is 5.42. The normalized spacial score (nSPS) is 12.0. The van der Waals surface area contributed by atoms with Crippen LogP contribution in [0.1, 0.15) is 23.6 Å². The van der Waals surface area contributed by atoms with Crippen molar-refractivity contribution in [3.63, 3.8) is 0 Å². The SMILES string of the molecule is Cc1ccc(-n2cnnc2SC(C)C(=O)Nc2ccccc2C)c(C)c1. The molecule has 0 radical (unpaired) electrons. The van der Waals surface area contributed by atoms with E-state index in [9.17, 15) is 4.79 Å². The van der Waals surface area contributed by atoms with E-state index in [4.69, 9.17) is 0 Å². The van der Waals surface area contributed by atoms with E-state index in [-0.39, 0.29) is 11.2 Å². The minimum atomic E-state index is -0.302. The molecule has 1 unspecified atom stereocenters. The van der Waals surface area contributed by atoms with Gasteiger partial charge >= 0.3 is 0 Å². The Balaban J connectivity index is 1.76. The lowest BCUT2D eigenvalue weighted by Gasteiger charge is -2.14. The molecule has 1 aromatic heterocycles. The van der Waals surface area contributed by atoms with Gasteiger partial charge in [-0.2, -0.15) is 0 Å². The molecule has 1 N–H and O–H groups in total. The van der Waals surface area contributed by atoms with Crippen LogP contribution in [0.15, 0.2) is 53.9 Å². The summed E-state index contributed by atoms with van der Waals surface area (Å²) in [5, 5.41) is 11.6. The molecular weight excluding hydrogens is 344 g/mol. The van der Waals surface area contributed by atoms with Gasteiger partial charge in [0.25, 0.3) is 0 Å². The smallest absolute Gasteiger partial charge is 0.237 e. The fraction of sp³-hybridized carbons (Fsp3) is 0.250. The van der Waals surface area contributed by atoms with Crippen molar-refractivity contribution in [2.45, 2.75) is 38.1 Å². The highest BCUT2D eigenvalue weighted by atomic mass is 32.2. The van der Waals surface area contributed by atoms with E-state index < -0.39 is 0 Å². The Bertz CT molecular complexity index is 935.